The van der Waals surface area contributed by atoms with Crippen molar-refractivity contribution in [2.75, 3.05) is 0 Å². The van der Waals surface area contributed by atoms with E-state index in [4.69, 9.17) is 41.1 Å². The van der Waals surface area contributed by atoms with Crippen LogP contribution in [0.4, 0.5) is 0 Å². The third kappa shape index (κ3) is 26.6. The molecule has 0 heterocycles. The number of hydrogen-bond acceptors (Lipinski definition) is 0. The zero-order valence-electron chi connectivity index (χ0n) is 98.3. The number of rotatable bonds is 11. The van der Waals surface area contributed by atoms with Gasteiger partial charge >= 0.3 is 0 Å². The van der Waals surface area contributed by atoms with Crippen molar-refractivity contribution in [3.8, 4) is 22.3 Å². The third-order valence-corrected chi connectivity index (χ3v) is 28.2. The van der Waals surface area contributed by atoms with E-state index in [-0.39, 0.29) is 44.2 Å². The minimum absolute atomic E-state index is 0.0284. The van der Waals surface area contributed by atoms with Crippen LogP contribution in [0.1, 0.15) is 313 Å². The molecule has 0 nitrogen and oxygen atoms in total. The van der Waals surface area contributed by atoms with Gasteiger partial charge < -0.3 is 0 Å². The van der Waals surface area contributed by atoms with Crippen LogP contribution < -0.4 is 10.4 Å². The highest BCUT2D eigenvalue weighted by molar-refractivity contribution is 6.91. The molecule has 103 heavy (non-hydrogen) atoms. The summed E-state index contributed by atoms with van der Waals surface area (Å²) < 4.78 is 239. The quantitative estimate of drug-likeness (QED) is 0.113. The van der Waals surface area contributed by atoms with Gasteiger partial charge in [-0.3, -0.25) is 0 Å². The van der Waals surface area contributed by atoms with Crippen molar-refractivity contribution in [3.63, 3.8) is 0 Å². The molecule has 8 aromatic rings. The summed E-state index contributed by atoms with van der Waals surface area (Å²) >= 11 is 0. The van der Waals surface area contributed by atoms with Crippen LogP contribution in [0, 0.1) is 137 Å². The average molecular weight is 1450 g/mol. The first-order valence-corrected chi connectivity index (χ1v) is 43.6. The fraction of sp³-hybridized carbons (Fsp3) is 0.525. The topological polar surface area (TPSA) is 0 Å². The SMILES string of the molecule is [2H]C([2H])([2H])c1cc(C)c(C)cc1-c1c(C)cc(C([2H])([2H])C(C)(C)C)cc1C([2H])([2H])[2H].[2H]C([2H])([2H])c1cc(C)ccc1-c1ccc(C([2H])([2H])C(C)(C)C)cc1C([2H])([2H])[2H].[2H]C([2H])([2H])c1cc(C2([2H])CC(C)(C)CC(C)(C)C2)ccc1C.[2H]C([2H])([2H])c1cc(C2([2H])CCC(C)(C)CC2)ccc1C.[2H]C([2H])([2H])c1cc([Si](C)(C)C)ccc1C.[2H]C([2H])([2H])c1cc([Si](CC)(CC)CC)ccc1C. The normalized spacial score (nSPS) is 21.3. The fourth-order valence-corrected chi connectivity index (χ4v) is 19.1. The van der Waals surface area contributed by atoms with E-state index in [1.165, 1.54) is 46.7 Å². The molecule has 0 spiro atoms. The first-order chi connectivity index (χ1) is 59.4. The van der Waals surface area contributed by atoms with Gasteiger partial charge in [0.25, 0.3) is 0 Å². The third-order valence-electron chi connectivity index (χ3n) is 20.6. The number of benzene rings is 8. The predicted octanol–water partition coefficient (Wildman–Crippen LogP) is 29.8. The summed E-state index contributed by atoms with van der Waals surface area (Å²) in [6.07, 6.45) is 2.77. The van der Waals surface area contributed by atoms with Crippen molar-refractivity contribution in [1.82, 2.24) is 0 Å². The summed E-state index contributed by atoms with van der Waals surface area (Å²) in [7, 11) is -2.89. The summed E-state index contributed by atoms with van der Waals surface area (Å²) in [5.41, 5.74) is 10.8. The van der Waals surface area contributed by atoms with Gasteiger partial charge in [0.1, 0.15) is 0 Å². The minimum Gasteiger partial charge on any atom is -0.0675 e. The van der Waals surface area contributed by atoms with Crippen LogP contribution in [-0.4, -0.2) is 16.1 Å². The van der Waals surface area contributed by atoms with Gasteiger partial charge in [-0.25, -0.2) is 0 Å². The van der Waals surface area contributed by atoms with Crippen LogP contribution in [0.25, 0.3) is 22.3 Å². The van der Waals surface area contributed by atoms with Crippen molar-refractivity contribution in [1.29, 1.82) is 0 Å². The van der Waals surface area contributed by atoms with Crippen molar-refractivity contribution in [2.24, 2.45) is 27.1 Å². The monoisotopic (exact) mass is 1450 g/mol. The summed E-state index contributed by atoms with van der Waals surface area (Å²) in [5.74, 6) is -1.33. The van der Waals surface area contributed by atoms with E-state index in [1.54, 1.807) is 110 Å². The largest absolute Gasteiger partial charge is 0.0859 e. The predicted molar refractivity (Wildman–Crippen MR) is 471 cm³/mol. The fourth-order valence-electron chi connectivity index (χ4n) is 14.3. The molecule has 0 aliphatic heterocycles. The molecule has 562 valence electrons. The standard InChI is InChI=1S/C22H30.C20H26.C18H28.C16H24.C14H24Si.C11H18Si/c1-14-9-16(3)20(12-15(14)2)21-17(4)10-19(11-18(21)5)13-22(6,7)8;1-14-7-9-18(15(2)11-14)19-10-8-17(12-16(19)3)13-20(4,5)6;1-13-7-8-15(9-14(13)2)16-10-17(3,4)12-18(5,6)11-16;1-12-5-6-15(11-13(12)2)14-7-9-16(3,4)10-8-14;1-6-15(7-2,8-3)14-10-9-12(4)13(5)11-14;1-9-6-7-11(8-10(9)2)12(3,4)5/h9-12H,13H2,1-8H3;7-12H,13H2,1-6H3;7-9,16H,10-12H2,1-6H3;5-6,11,14H,7-10H2,1-4H3;9-11H,6-8H2,1-5H3;6-8H,1-5H3/i3D3,4D3,13D2;2D3,3D3,13D2;2D3,16D;2D3,14D;5D3;2D3. The summed E-state index contributed by atoms with van der Waals surface area (Å²) in [6.45, 7) is 33.9. The Kier molecular flexibility index (Phi) is 18.6. The average Bonchev–Trinajstić information content (AvgIpc) is 0.743. The Labute approximate surface area is 680 Å². The van der Waals surface area contributed by atoms with Crippen molar-refractivity contribution in [2.45, 2.75) is 321 Å². The molecule has 0 saturated heterocycles. The second-order valence-corrected chi connectivity index (χ2v) is 45.5. The molecular formula is C101H150Si2. The van der Waals surface area contributed by atoms with Crippen molar-refractivity contribution < 1.29 is 41.1 Å². The molecule has 0 N–H and O–H groups in total. The second kappa shape index (κ2) is 36.7. The number of aryl methyl sites for hydroxylation is 16. The van der Waals surface area contributed by atoms with Gasteiger partial charge in [0.05, 0.1) is 16.1 Å². The van der Waals surface area contributed by atoms with Crippen LogP contribution in [0.15, 0.2) is 133 Å². The van der Waals surface area contributed by atoms with Gasteiger partial charge in [0.2, 0.25) is 0 Å². The van der Waals surface area contributed by atoms with Gasteiger partial charge in [-0.05, 0) is 335 Å². The lowest BCUT2D eigenvalue weighted by molar-refractivity contribution is 0.0969. The molecular weight excluding hydrogens is 1270 g/mol. The van der Waals surface area contributed by atoms with Crippen LogP contribution >= 0.6 is 0 Å². The lowest BCUT2D eigenvalue weighted by Crippen LogP contribution is -2.45. The Balaban J connectivity index is 0.000000286. The van der Waals surface area contributed by atoms with E-state index >= 15 is 0 Å². The summed E-state index contributed by atoms with van der Waals surface area (Å²) in [5, 5.41) is 2.52. The molecule has 2 aliphatic carbocycles. The van der Waals surface area contributed by atoms with E-state index in [0.717, 1.165) is 95.0 Å². The molecule has 0 aromatic heterocycles. The zero-order valence-corrected chi connectivity index (χ0v) is 70.3. The minimum atomic E-state index is -2.53. The molecule has 2 saturated carbocycles. The van der Waals surface area contributed by atoms with E-state index in [9.17, 15) is 0 Å². The van der Waals surface area contributed by atoms with Crippen molar-refractivity contribution in [3.05, 3.63) is 245 Å². The van der Waals surface area contributed by atoms with Crippen LogP contribution in [0.5, 0.6) is 0 Å². The Morgan fingerprint density at radius 3 is 1.25 bits per heavy atom. The molecule has 2 aliphatic rings. The Morgan fingerprint density at radius 2 is 0.777 bits per heavy atom. The maximum Gasteiger partial charge on any atom is 0.0859 e. The Morgan fingerprint density at radius 1 is 0.379 bits per heavy atom. The molecule has 8 aromatic carbocycles. The molecule has 0 amide bonds. The van der Waals surface area contributed by atoms with E-state index in [0.29, 0.717) is 55.5 Å². The Bertz CT molecular complexity index is 5280. The molecule has 2 heteroatoms. The van der Waals surface area contributed by atoms with E-state index in [2.05, 4.69) is 94.1 Å². The van der Waals surface area contributed by atoms with E-state index < -0.39 is 106 Å². The molecule has 10 rings (SSSR count). The Hall–Kier alpha value is -5.81. The zero-order chi connectivity index (χ0) is 103. The molecule has 0 unspecified atom stereocenters. The maximum atomic E-state index is 9.06. The molecule has 0 radical (unpaired) electrons. The smallest absolute Gasteiger partial charge is 0.0675 e. The van der Waals surface area contributed by atoms with Crippen molar-refractivity contribution >= 4 is 26.5 Å². The highest BCUT2D eigenvalue weighted by atomic mass is 28.3. The van der Waals surface area contributed by atoms with Gasteiger partial charge in [-0.2, -0.15) is 0 Å². The molecule has 0 bridgehead atoms. The highest BCUT2D eigenvalue weighted by Crippen LogP contribution is 2.52. The first-order valence-electron chi connectivity index (χ1n) is 52.5. The number of hydrogen-bond donors (Lipinski definition) is 0. The highest BCUT2D eigenvalue weighted by Gasteiger charge is 2.39. The lowest BCUT2D eigenvalue weighted by atomic mass is 9.60. The van der Waals surface area contributed by atoms with Gasteiger partial charge in [0, 0.05) is 41.1 Å². The first kappa shape index (κ1) is 52.3. The second-order valence-electron chi connectivity index (χ2n) is 35.2. The summed E-state index contributed by atoms with van der Waals surface area (Å²) in [4.78, 5) is 0. The summed E-state index contributed by atoms with van der Waals surface area (Å²) in [6, 6.07) is 42.4. The molecule has 2 fully saturated rings. The van der Waals surface area contributed by atoms with Crippen LogP contribution in [0.2, 0.25) is 37.8 Å². The van der Waals surface area contributed by atoms with Crippen LogP contribution in [-0.2, 0) is 12.7 Å². The van der Waals surface area contributed by atoms with E-state index in [1.807, 2.05) is 90.1 Å². The van der Waals surface area contributed by atoms with Gasteiger partial charge in [-0.15, -0.1) is 0 Å². The molecule has 0 atom stereocenters. The van der Waals surface area contributed by atoms with Crippen LogP contribution in [0.3, 0.4) is 0 Å². The van der Waals surface area contributed by atoms with Gasteiger partial charge in [0.15, 0.2) is 0 Å². The van der Waals surface area contributed by atoms with Gasteiger partial charge in [-0.1, -0.05) is 291 Å². The lowest BCUT2D eigenvalue weighted by Gasteiger charge is -2.45. The maximum absolute atomic E-state index is 9.06.